The van der Waals surface area contributed by atoms with E-state index in [2.05, 4.69) is 69.9 Å². The van der Waals surface area contributed by atoms with Gasteiger partial charge < -0.3 is 24.8 Å². The Balaban J connectivity index is 1.27. The molecule has 1 atom stereocenters. The van der Waals surface area contributed by atoms with E-state index in [-0.39, 0.29) is 11.5 Å². The molecule has 3 aromatic heterocycles. The first-order valence-corrected chi connectivity index (χ1v) is 13.3. The van der Waals surface area contributed by atoms with Gasteiger partial charge in [-0.1, -0.05) is 39.8 Å². The molecule has 11 heteroatoms. The number of benzene rings is 1. The molecule has 0 spiro atoms. The number of pyridine rings is 1. The zero-order valence-electron chi connectivity index (χ0n) is 23.1. The molecule has 1 unspecified atom stereocenters. The number of nitrogens with zero attached hydrogens (tertiary/aromatic N) is 6. The Hall–Kier alpha value is -3.99. The Bertz CT molecular complexity index is 1450. The van der Waals surface area contributed by atoms with Crippen LogP contribution >= 0.6 is 0 Å². The highest BCUT2D eigenvalue weighted by Gasteiger charge is 2.37. The molecular formula is C28H36N8O3. The Morgan fingerprint density at radius 2 is 2.03 bits per heavy atom. The van der Waals surface area contributed by atoms with Gasteiger partial charge in [0.25, 0.3) is 5.89 Å². The maximum Gasteiger partial charge on any atom is 0.407 e. The first kappa shape index (κ1) is 26.6. The molecule has 0 radical (unpaired) electrons. The highest BCUT2D eigenvalue weighted by atomic mass is 16.5. The van der Waals surface area contributed by atoms with Crippen molar-refractivity contribution in [3.8, 4) is 11.5 Å². The molecule has 3 N–H and O–H groups in total. The number of H-pyrrole nitrogens is 1. The molecule has 0 bridgehead atoms. The topological polar surface area (TPSA) is 136 Å². The zero-order valence-corrected chi connectivity index (χ0v) is 23.1. The average Bonchev–Trinajstić information content (AvgIpc) is 3.49. The minimum atomic E-state index is -0.851. The van der Waals surface area contributed by atoms with Gasteiger partial charge >= 0.3 is 6.09 Å². The third-order valence-corrected chi connectivity index (χ3v) is 6.97. The number of amides is 1. The van der Waals surface area contributed by atoms with Gasteiger partial charge in [0, 0.05) is 44.4 Å². The fourth-order valence-electron chi connectivity index (χ4n) is 4.99. The molecule has 4 aromatic rings. The molecule has 5 rings (SSSR count). The molecule has 39 heavy (non-hydrogen) atoms. The van der Waals surface area contributed by atoms with E-state index < -0.39 is 6.09 Å². The van der Waals surface area contributed by atoms with Crippen LogP contribution in [0.2, 0.25) is 0 Å². The van der Waals surface area contributed by atoms with Crippen molar-refractivity contribution in [2.45, 2.75) is 53.6 Å². The van der Waals surface area contributed by atoms with Gasteiger partial charge in [-0.05, 0) is 47.2 Å². The number of anilines is 2. The Morgan fingerprint density at radius 3 is 2.77 bits per heavy atom. The van der Waals surface area contributed by atoms with Gasteiger partial charge in [-0.3, -0.25) is 4.90 Å². The van der Waals surface area contributed by atoms with E-state index >= 15 is 0 Å². The summed E-state index contributed by atoms with van der Waals surface area (Å²) in [6.07, 6.45) is 1.69. The summed E-state index contributed by atoms with van der Waals surface area (Å²) in [7, 11) is 0. The molecule has 1 aromatic carbocycles. The molecule has 4 heterocycles. The lowest BCUT2D eigenvalue weighted by molar-refractivity contribution is 0.0190. The number of nitrogens with one attached hydrogen (secondary N) is 2. The Morgan fingerprint density at radius 1 is 1.21 bits per heavy atom. The predicted molar refractivity (Wildman–Crippen MR) is 149 cm³/mol. The highest BCUT2D eigenvalue weighted by Crippen LogP contribution is 2.29. The maximum atomic E-state index is 11.8. The number of imidazole rings is 1. The summed E-state index contributed by atoms with van der Waals surface area (Å²) >= 11 is 0. The number of hydrogen-bond donors (Lipinski definition) is 3. The van der Waals surface area contributed by atoms with Gasteiger partial charge in [-0.2, -0.15) is 4.98 Å². The number of aromatic amines is 1. The third kappa shape index (κ3) is 6.19. The van der Waals surface area contributed by atoms with Crippen LogP contribution in [-0.2, 0) is 13.0 Å². The van der Waals surface area contributed by atoms with E-state index in [9.17, 15) is 9.90 Å². The molecule has 1 fully saturated rings. The van der Waals surface area contributed by atoms with E-state index in [4.69, 9.17) is 4.52 Å². The molecule has 206 valence electrons. The number of fused-ring (bicyclic) bond motifs is 1. The van der Waals surface area contributed by atoms with Crippen molar-refractivity contribution in [3.63, 3.8) is 0 Å². The molecule has 1 amide bonds. The quantitative estimate of drug-likeness (QED) is 0.295. The van der Waals surface area contributed by atoms with E-state index in [0.29, 0.717) is 55.6 Å². The van der Waals surface area contributed by atoms with E-state index in [1.165, 1.54) is 0 Å². The fourth-order valence-corrected chi connectivity index (χ4v) is 4.99. The summed E-state index contributed by atoms with van der Waals surface area (Å²) in [6, 6.07) is 9.72. The van der Waals surface area contributed by atoms with Crippen LogP contribution in [0.1, 0.15) is 46.0 Å². The van der Waals surface area contributed by atoms with Crippen LogP contribution < -0.4 is 5.32 Å². The molecule has 11 nitrogen and oxygen atoms in total. The van der Waals surface area contributed by atoms with E-state index in [1.54, 1.807) is 11.1 Å². The average molecular weight is 533 g/mol. The lowest BCUT2D eigenvalue weighted by atomic mass is 9.84. The lowest BCUT2D eigenvalue weighted by Gasteiger charge is -2.46. The van der Waals surface area contributed by atoms with Crippen molar-refractivity contribution < 1.29 is 14.4 Å². The number of hydrogen-bond acceptors (Lipinski definition) is 8. The highest BCUT2D eigenvalue weighted by molar-refractivity contribution is 5.82. The normalized spacial score (nSPS) is 16.8. The van der Waals surface area contributed by atoms with Gasteiger partial charge in [0.1, 0.15) is 5.82 Å². The molecule has 0 saturated carbocycles. The van der Waals surface area contributed by atoms with Crippen LogP contribution in [0.4, 0.5) is 16.6 Å². The molecular weight excluding hydrogens is 496 g/mol. The summed E-state index contributed by atoms with van der Waals surface area (Å²) in [5.41, 5.74) is 3.43. The fraction of sp³-hybridized carbons (Fsp3) is 0.464. The second kappa shape index (κ2) is 10.6. The van der Waals surface area contributed by atoms with Crippen molar-refractivity contribution in [2.75, 3.05) is 25.0 Å². The summed E-state index contributed by atoms with van der Waals surface area (Å²) in [4.78, 5) is 32.6. The van der Waals surface area contributed by atoms with Gasteiger partial charge in [-0.25, -0.2) is 14.8 Å². The summed E-state index contributed by atoms with van der Waals surface area (Å²) < 4.78 is 5.46. The third-order valence-electron chi connectivity index (χ3n) is 6.97. The van der Waals surface area contributed by atoms with Gasteiger partial charge in [0.05, 0.1) is 17.1 Å². The standard InChI is InChI=1S/C28H36N8O3/c1-17(2)12-24-32-25(39-34-24)19-6-7-20-21(14-19)31-26(30-20)33-23-13-18(8-9-29-23)15-35-10-11-36(27(37)38)22(16-35)28(3,4)5/h6-9,13-14,17,22H,10-12,15-16H2,1-5H3,(H,37,38)(H2,29,30,31,33). The monoisotopic (exact) mass is 532 g/mol. The summed E-state index contributed by atoms with van der Waals surface area (Å²) in [6.45, 7) is 13.1. The van der Waals surface area contributed by atoms with Crippen molar-refractivity contribution in [1.29, 1.82) is 0 Å². The maximum absolute atomic E-state index is 11.8. The van der Waals surface area contributed by atoms with Crippen LogP contribution in [0.5, 0.6) is 0 Å². The zero-order chi connectivity index (χ0) is 27.7. The van der Waals surface area contributed by atoms with Crippen molar-refractivity contribution >= 4 is 28.9 Å². The number of carboxylic acid groups (broad SMARTS) is 1. The lowest BCUT2D eigenvalue weighted by Crippen LogP contribution is -2.59. The number of piperazine rings is 1. The molecule has 0 aliphatic carbocycles. The molecule has 1 aliphatic rings. The van der Waals surface area contributed by atoms with Crippen molar-refractivity contribution in [2.24, 2.45) is 11.3 Å². The Labute approximate surface area is 227 Å². The Kier molecular flexibility index (Phi) is 7.26. The minimum Gasteiger partial charge on any atom is -0.465 e. The predicted octanol–water partition coefficient (Wildman–Crippen LogP) is 5.16. The van der Waals surface area contributed by atoms with Crippen LogP contribution in [0, 0.1) is 11.3 Å². The van der Waals surface area contributed by atoms with Crippen molar-refractivity contribution in [1.82, 2.24) is 34.9 Å². The van der Waals surface area contributed by atoms with Crippen LogP contribution in [0.25, 0.3) is 22.5 Å². The molecule has 1 saturated heterocycles. The largest absolute Gasteiger partial charge is 0.465 e. The number of carbonyl (C=O) groups is 1. The SMILES string of the molecule is CC(C)Cc1noc(-c2ccc3nc(Nc4cc(CN5CCN(C(=O)O)C(C(C)(C)C)C5)ccn4)[nH]c3c2)n1. The number of aromatic nitrogens is 5. The molecule has 1 aliphatic heterocycles. The van der Waals surface area contributed by atoms with Crippen molar-refractivity contribution in [3.05, 3.63) is 47.9 Å². The second-order valence-electron chi connectivity index (χ2n) is 11.7. The summed E-state index contributed by atoms with van der Waals surface area (Å²) in [5, 5.41) is 17.0. The van der Waals surface area contributed by atoms with E-state index in [1.807, 2.05) is 30.3 Å². The first-order valence-electron chi connectivity index (χ1n) is 13.3. The van der Waals surface area contributed by atoms with Crippen LogP contribution in [0.3, 0.4) is 0 Å². The van der Waals surface area contributed by atoms with Gasteiger partial charge in [0.2, 0.25) is 5.95 Å². The van der Waals surface area contributed by atoms with Crippen LogP contribution in [-0.4, -0.2) is 71.8 Å². The second-order valence-corrected chi connectivity index (χ2v) is 11.7. The van der Waals surface area contributed by atoms with Crippen LogP contribution in [0.15, 0.2) is 41.1 Å². The summed E-state index contributed by atoms with van der Waals surface area (Å²) in [5.74, 6) is 2.91. The van der Waals surface area contributed by atoms with Gasteiger partial charge in [-0.15, -0.1) is 0 Å². The number of rotatable bonds is 7. The minimum absolute atomic E-state index is 0.0717. The smallest absolute Gasteiger partial charge is 0.407 e. The van der Waals surface area contributed by atoms with E-state index in [0.717, 1.165) is 28.6 Å². The first-order chi connectivity index (χ1) is 18.5. The van der Waals surface area contributed by atoms with Gasteiger partial charge in [0.15, 0.2) is 5.82 Å².